The molecule has 0 aliphatic rings. The van der Waals surface area contributed by atoms with Gasteiger partial charge in [-0.05, 0) is 29.8 Å². The van der Waals surface area contributed by atoms with Gasteiger partial charge in [-0.25, -0.2) is 0 Å². The van der Waals surface area contributed by atoms with Crippen LogP contribution in [0, 0.1) is 0 Å². The van der Waals surface area contributed by atoms with E-state index in [1.54, 1.807) is 4.90 Å². The third-order valence-corrected chi connectivity index (χ3v) is 3.43. The van der Waals surface area contributed by atoms with Crippen LogP contribution < -0.4 is 0 Å². The van der Waals surface area contributed by atoms with E-state index in [1.807, 2.05) is 67.8 Å². The number of aromatic nitrogens is 1. The first-order valence-electron chi connectivity index (χ1n) is 6.88. The third kappa shape index (κ3) is 2.92. The zero-order chi connectivity index (χ0) is 14.7. The summed E-state index contributed by atoms with van der Waals surface area (Å²) in [5, 5.41) is 1.09. The van der Waals surface area contributed by atoms with Crippen molar-refractivity contribution in [3.63, 3.8) is 0 Å². The Morgan fingerprint density at radius 1 is 1.05 bits per heavy atom. The molecule has 3 heteroatoms. The van der Waals surface area contributed by atoms with Gasteiger partial charge < -0.3 is 4.90 Å². The average molecular weight is 276 g/mol. The van der Waals surface area contributed by atoms with Crippen molar-refractivity contribution >= 4 is 16.8 Å². The zero-order valence-corrected chi connectivity index (χ0v) is 11.9. The molecule has 3 aromatic rings. The van der Waals surface area contributed by atoms with E-state index in [4.69, 9.17) is 0 Å². The summed E-state index contributed by atoms with van der Waals surface area (Å²) < 4.78 is 0. The first kappa shape index (κ1) is 13.3. The van der Waals surface area contributed by atoms with Gasteiger partial charge in [0.05, 0.1) is 5.52 Å². The Morgan fingerprint density at radius 3 is 2.57 bits per heavy atom. The van der Waals surface area contributed by atoms with E-state index in [0.29, 0.717) is 12.1 Å². The molecule has 0 radical (unpaired) electrons. The molecule has 0 N–H and O–H groups in total. The Kier molecular flexibility index (Phi) is 3.65. The first-order valence-corrected chi connectivity index (χ1v) is 6.88. The number of carbonyl (C=O) groups is 1. The van der Waals surface area contributed by atoms with Gasteiger partial charge in [0.25, 0.3) is 5.91 Å². The Labute approximate surface area is 123 Å². The van der Waals surface area contributed by atoms with E-state index >= 15 is 0 Å². The van der Waals surface area contributed by atoms with Crippen molar-refractivity contribution in [1.82, 2.24) is 9.88 Å². The van der Waals surface area contributed by atoms with Gasteiger partial charge in [0.2, 0.25) is 0 Å². The minimum absolute atomic E-state index is 0.0174. The Hall–Kier alpha value is -2.68. The molecule has 21 heavy (non-hydrogen) atoms. The predicted octanol–water partition coefficient (Wildman–Crippen LogP) is 3.51. The molecule has 0 aliphatic heterocycles. The lowest BCUT2D eigenvalue weighted by Gasteiger charge is -2.17. The minimum atomic E-state index is 0.0174. The normalized spacial score (nSPS) is 10.5. The van der Waals surface area contributed by atoms with E-state index in [-0.39, 0.29) is 5.91 Å². The van der Waals surface area contributed by atoms with Crippen molar-refractivity contribution in [2.45, 2.75) is 6.54 Å². The van der Waals surface area contributed by atoms with Crippen LogP contribution in [0.4, 0.5) is 0 Å². The van der Waals surface area contributed by atoms with Gasteiger partial charge in [-0.15, -0.1) is 0 Å². The molecule has 1 aromatic heterocycles. The van der Waals surface area contributed by atoms with Crippen molar-refractivity contribution in [1.29, 1.82) is 0 Å². The molecule has 0 aliphatic carbocycles. The van der Waals surface area contributed by atoms with Gasteiger partial charge in [0, 0.05) is 30.7 Å². The highest BCUT2D eigenvalue weighted by molar-refractivity contribution is 5.94. The van der Waals surface area contributed by atoms with Crippen LogP contribution in [0.15, 0.2) is 66.9 Å². The number of fused-ring (bicyclic) bond motifs is 1. The fourth-order valence-electron chi connectivity index (χ4n) is 2.35. The van der Waals surface area contributed by atoms with E-state index in [9.17, 15) is 4.79 Å². The van der Waals surface area contributed by atoms with Gasteiger partial charge in [0.1, 0.15) is 0 Å². The molecule has 1 amide bonds. The van der Waals surface area contributed by atoms with Gasteiger partial charge >= 0.3 is 0 Å². The molecule has 0 saturated heterocycles. The zero-order valence-electron chi connectivity index (χ0n) is 11.9. The van der Waals surface area contributed by atoms with Crippen LogP contribution in [0.2, 0.25) is 0 Å². The van der Waals surface area contributed by atoms with Crippen LogP contribution in [0.5, 0.6) is 0 Å². The molecular weight excluding hydrogens is 260 g/mol. The third-order valence-electron chi connectivity index (χ3n) is 3.43. The molecule has 0 atom stereocenters. The van der Waals surface area contributed by atoms with Crippen molar-refractivity contribution in [2.75, 3.05) is 7.05 Å². The highest BCUT2D eigenvalue weighted by Gasteiger charge is 2.11. The molecule has 3 rings (SSSR count). The molecule has 0 saturated carbocycles. The van der Waals surface area contributed by atoms with Crippen molar-refractivity contribution < 1.29 is 4.79 Å². The van der Waals surface area contributed by atoms with E-state index in [2.05, 4.69) is 11.1 Å². The van der Waals surface area contributed by atoms with Crippen LogP contribution in [-0.2, 0) is 6.54 Å². The van der Waals surface area contributed by atoms with Crippen LogP contribution in [0.1, 0.15) is 15.9 Å². The Bertz CT molecular complexity index is 768. The molecule has 2 aromatic carbocycles. The van der Waals surface area contributed by atoms with E-state index in [0.717, 1.165) is 16.5 Å². The van der Waals surface area contributed by atoms with Crippen LogP contribution >= 0.6 is 0 Å². The molecule has 104 valence electrons. The van der Waals surface area contributed by atoms with Gasteiger partial charge in [-0.2, -0.15) is 0 Å². The number of para-hydroxylation sites is 1. The van der Waals surface area contributed by atoms with Gasteiger partial charge in [-0.3, -0.25) is 9.78 Å². The summed E-state index contributed by atoms with van der Waals surface area (Å²) in [7, 11) is 1.81. The Morgan fingerprint density at radius 2 is 1.76 bits per heavy atom. The quantitative estimate of drug-likeness (QED) is 0.733. The number of benzene rings is 2. The summed E-state index contributed by atoms with van der Waals surface area (Å²) in [6.45, 7) is 0.547. The monoisotopic (exact) mass is 276 g/mol. The summed E-state index contributed by atoms with van der Waals surface area (Å²) in [4.78, 5) is 18.5. The molecule has 3 nitrogen and oxygen atoms in total. The van der Waals surface area contributed by atoms with Crippen LogP contribution in [-0.4, -0.2) is 22.8 Å². The molecular formula is C18H16N2O. The van der Waals surface area contributed by atoms with Crippen LogP contribution in [0.25, 0.3) is 10.9 Å². The number of nitrogens with zero attached hydrogens (tertiary/aromatic N) is 2. The smallest absolute Gasteiger partial charge is 0.253 e. The lowest BCUT2D eigenvalue weighted by atomic mass is 10.1. The SMILES string of the molecule is CN(Cc1cnc2ccccc2c1)C(=O)c1ccccc1. The molecule has 1 heterocycles. The number of carbonyl (C=O) groups excluding carboxylic acids is 1. The summed E-state index contributed by atoms with van der Waals surface area (Å²) in [5.41, 5.74) is 2.70. The minimum Gasteiger partial charge on any atom is -0.337 e. The summed E-state index contributed by atoms with van der Waals surface area (Å²) in [6, 6.07) is 19.4. The van der Waals surface area contributed by atoms with E-state index < -0.39 is 0 Å². The number of rotatable bonds is 3. The number of pyridine rings is 1. The average Bonchev–Trinajstić information content (AvgIpc) is 2.55. The van der Waals surface area contributed by atoms with Gasteiger partial charge in [-0.1, -0.05) is 36.4 Å². The van der Waals surface area contributed by atoms with Crippen LogP contribution in [0.3, 0.4) is 0 Å². The standard InChI is InChI=1S/C18H16N2O/c1-20(18(21)15-7-3-2-4-8-15)13-14-11-16-9-5-6-10-17(16)19-12-14/h2-12H,13H2,1H3. The lowest BCUT2D eigenvalue weighted by Crippen LogP contribution is -2.26. The first-order chi connectivity index (χ1) is 10.2. The lowest BCUT2D eigenvalue weighted by molar-refractivity contribution is 0.0785. The summed E-state index contributed by atoms with van der Waals surface area (Å²) in [5.74, 6) is 0.0174. The van der Waals surface area contributed by atoms with Crippen molar-refractivity contribution in [2.24, 2.45) is 0 Å². The summed E-state index contributed by atoms with van der Waals surface area (Å²) in [6.07, 6.45) is 1.83. The fraction of sp³-hybridized carbons (Fsp3) is 0.111. The maximum atomic E-state index is 12.3. The van der Waals surface area contributed by atoms with E-state index in [1.165, 1.54) is 0 Å². The maximum absolute atomic E-state index is 12.3. The highest BCUT2D eigenvalue weighted by Crippen LogP contribution is 2.14. The number of hydrogen-bond donors (Lipinski definition) is 0. The Balaban J connectivity index is 1.80. The van der Waals surface area contributed by atoms with Crippen molar-refractivity contribution in [3.8, 4) is 0 Å². The largest absolute Gasteiger partial charge is 0.337 e. The number of hydrogen-bond acceptors (Lipinski definition) is 2. The maximum Gasteiger partial charge on any atom is 0.253 e. The molecule has 0 fully saturated rings. The van der Waals surface area contributed by atoms with Crippen molar-refractivity contribution in [3.05, 3.63) is 78.0 Å². The predicted molar refractivity (Wildman–Crippen MR) is 84.0 cm³/mol. The second kappa shape index (κ2) is 5.75. The topological polar surface area (TPSA) is 33.2 Å². The molecule has 0 unspecified atom stereocenters. The van der Waals surface area contributed by atoms with Gasteiger partial charge in [0.15, 0.2) is 0 Å². The summed E-state index contributed by atoms with van der Waals surface area (Å²) >= 11 is 0. The highest BCUT2D eigenvalue weighted by atomic mass is 16.2. The second-order valence-corrected chi connectivity index (χ2v) is 5.06. The fourth-order valence-corrected chi connectivity index (χ4v) is 2.35. The molecule has 0 bridgehead atoms. The molecule has 0 spiro atoms. The number of amides is 1. The second-order valence-electron chi connectivity index (χ2n) is 5.06.